The number of hydrogen-bond donors (Lipinski definition) is 2. The molecule has 1 heterocycles. The fraction of sp³-hybridized carbons (Fsp3) is 0.312. The third kappa shape index (κ3) is 5.32. The van der Waals surface area contributed by atoms with Gasteiger partial charge >= 0.3 is 6.18 Å². The predicted molar refractivity (Wildman–Crippen MR) is 89.8 cm³/mol. The van der Waals surface area contributed by atoms with Gasteiger partial charge in [0.15, 0.2) is 0 Å². The van der Waals surface area contributed by atoms with Gasteiger partial charge in [0, 0.05) is 16.8 Å². The molecule has 9 heteroatoms. The van der Waals surface area contributed by atoms with Crippen LogP contribution in [0.2, 0.25) is 5.02 Å². The number of rotatable bonds is 3. The van der Waals surface area contributed by atoms with Gasteiger partial charge in [-0.15, -0.1) is 0 Å². The fourth-order valence-corrected chi connectivity index (χ4v) is 2.10. The molecule has 0 aliphatic heterocycles. The quantitative estimate of drug-likeness (QED) is 0.825. The number of hydrogen-bond acceptors (Lipinski definition) is 4. The number of halogens is 4. The first-order chi connectivity index (χ1) is 11.5. The number of carbonyl (C=O) groups excluding carboxylic acids is 1. The Morgan fingerprint density at radius 3 is 2.44 bits per heavy atom. The lowest BCUT2D eigenvalue weighted by Crippen LogP contribution is -2.28. The summed E-state index contributed by atoms with van der Waals surface area (Å²) in [5, 5.41) is 5.12. The van der Waals surface area contributed by atoms with Crippen LogP contribution in [0.25, 0.3) is 0 Å². The minimum absolute atomic E-state index is 0.0650. The summed E-state index contributed by atoms with van der Waals surface area (Å²) in [7, 11) is 0. The second-order valence-electron chi connectivity index (χ2n) is 6.28. The number of nitrogens with one attached hydrogen (secondary N) is 2. The monoisotopic (exact) mass is 372 g/mol. The summed E-state index contributed by atoms with van der Waals surface area (Å²) in [6, 6.07) is 4.42. The molecule has 2 rings (SSSR count). The van der Waals surface area contributed by atoms with E-state index in [4.69, 9.17) is 11.6 Å². The smallest absolute Gasteiger partial charge is 0.350 e. The first-order valence-corrected chi connectivity index (χ1v) is 7.63. The molecule has 0 spiro atoms. The molecule has 2 N–H and O–H groups in total. The Labute approximate surface area is 147 Å². The third-order valence-electron chi connectivity index (χ3n) is 2.91. The Balaban J connectivity index is 2.28. The molecule has 0 radical (unpaired) electrons. The molecule has 0 atom stereocenters. The van der Waals surface area contributed by atoms with Gasteiger partial charge in [-0.3, -0.25) is 4.79 Å². The van der Waals surface area contributed by atoms with Crippen molar-refractivity contribution in [2.75, 3.05) is 10.6 Å². The van der Waals surface area contributed by atoms with E-state index in [1.54, 1.807) is 0 Å². The van der Waals surface area contributed by atoms with Gasteiger partial charge < -0.3 is 10.6 Å². The SMILES string of the molecule is CC(C)(C)Nc1nccc(C(=O)Nc2ccc(Cl)cc2C(F)(F)F)n1. The summed E-state index contributed by atoms with van der Waals surface area (Å²) in [6.45, 7) is 5.64. The van der Waals surface area contributed by atoms with Crippen LogP contribution < -0.4 is 10.6 Å². The van der Waals surface area contributed by atoms with Gasteiger partial charge in [-0.25, -0.2) is 9.97 Å². The maximum atomic E-state index is 13.1. The number of benzene rings is 1. The highest BCUT2D eigenvalue weighted by Crippen LogP contribution is 2.36. The van der Waals surface area contributed by atoms with Crippen molar-refractivity contribution in [1.29, 1.82) is 0 Å². The van der Waals surface area contributed by atoms with Gasteiger partial charge in [0.25, 0.3) is 5.91 Å². The molecule has 1 aromatic carbocycles. The normalized spacial score (nSPS) is 12.0. The van der Waals surface area contributed by atoms with Crippen LogP contribution in [0.1, 0.15) is 36.8 Å². The summed E-state index contributed by atoms with van der Waals surface area (Å²) in [6.07, 6.45) is -3.30. The van der Waals surface area contributed by atoms with Crippen molar-refractivity contribution in [2.24, 2.45) is 0 Å². The summed E-state index contributed by atoms with van der Waals surface area (Å²) >= 11 is 5.62. The van der Waals surface area contributed by atoms with Crippen LogP contribution in [-0.4, -0.2) is 21.4 Å². The molecule has 25 heavy (non-hydrogen) atoms. The second kappa shape index (κ2) is 6.87. The average Bonchev–Trinajstić information content (AvgIpc) is 2.46. The minimum Gasteiger partial charge on any atom is -0.350 e. The molecule has 0 fully saturated rings. The van der Waals surface area contributed by atoms with E-state index >= 15 is 0 Å². The number of nitrogens with zero attached hydrogens (tertiary/aromatic N) is 2. The van der Waals surface area contributed by atoms with Crippen molar-refractivity contribution in [3.8, 4) is 0 Å². The van der Waals surface area contributed by atoms with E-state index in [9.17, 15) is 18.0 Å². The van der Waals surface area contributed by atoms with Gasteiger partial charge in [0.1, 0.15) is 5.69 Å². The highest BCUT2D eigenvalue weighted by atomic mass is 35.5. The van der Waals surface area contributed by atoms with Crippen LogP contribution in [0.4, 0.5) is 24.8 Å². The molecule has 0 saturated heterocycles. The molecule has 1 amide bonds. The third-order valence-corrected chi connectivity index (χ3v) is 3.15. The summed E-state index contributed by atoms with van der Waals surface area (Å²) in [5.41, 5.74) is -1.83. The lowest BCUT2D eigenvalue weighted by Gasteiger charge is -2.20. The van der Waals surface area contributed by atoms with E-state index in [2.05, 4.69) is 20.6 Å². The van der Waals surface area contributed by atoms with Crippen molar-refractivity contribution >= 4 is 29.1 Å². The lowest BCUT2D eigenvalue weighted by atomic mass is 10.1. The van der Waals surface area contributed by atoms with E-state index in [1.807, 2.05) is 20.8 Å². The van der Waals surface area contributed by atoms with Crippen LogP contribution in [-0.2, 0) is 6.18 Å². The summed E-state index contributed by atoms with van der Waals surface area (Å²) in [4.78, 5) is 20.3. The van der Waals surface area contributed by atoms with Crippen molar-refractivity contribution in [3.05, 3.63) is 46.7 Å². The topological polar surface area (TPSA) is 66.9 Å². The predicted octanol–water partition coefficient (Wildman–Crippen LogP) is 4.61. The Morgan fingerprint density at radius 2 is 1.84 bits per heavy atom. The second-order valence-corrected chi connectivity index (χ2v) is 6.72. The van der Waals surface area contributed by atoms with Crippen molar-refractivity contribution in [1.82, 2.24) is 9.97 Å². The van der Waals surface area contributed by atoms with E-state index in [0.717, 1.165) is 12.1 Å². The van der Waals surface area contributed by atoms with Crippen LogP contribution >= 0.6 is 11.6 Å². The van der Waals surface area contributed by atoms with E-state index in [0.29, 0.717) is 0 Å². The van der Waals surface area contributed by atoms with Gasteiger partial charge in [-0.2, -0.15) is 13.2 Å². The zero-order valence-electron chi connectivity index (χ0n) is 13.7. The zero-order chi connectivity index (χ0) is 18.8. The number of alkyl halides is 3. The molecular formula is C16H16ClF3N4O. The maximum absolute atomic E-state index is 13.1. The molecule has 2 aromatic rings. The van der Waals surface area contributed by atoms with Gasteiger partial charge in [0.2, 0.25) is 5.95 Å². The molecular weight excluding hydrogens is 357 g/mol. The standard InChI is InChI=1S/C16H16ClF3N4O/c1-15(2,3)24-14-21-7-6-12(23-14)13(25)22-11-5-4-9(17)8-10(11)16(18,19)20/h4-8H,1-3H3,(H,22,25)(H,21,23,24). The number of aromatic nitrogens is 2. The molecule has 0 bridgehead atoms. The van der Waals surface area contributed by atoms with Crippen molar-refractivity contribution in [2.45, 2.75) is 32.5 Å². The summed E-state index contributed by atoms with van der Waals surface area (Å²) < 4.78 is 39.3. The largest absolute Gasteiger partial charge is 0.418 e. The number of carbonyl (C=O) groups is 1. The average molecular weight is 373 g/mol. The van der Waals surface area contributed by atoms with Crippen LogP contribution in [0.5, 0.6) is 0 Å². The Kier molecular flexibility index (Phi) is 5.22. The van der Waals surface area contributed by atoms with Gasteiger partial charge in [0.05, 0.1) is 11.3 Å². The summed E-state index contributed by atoms with van der Waals surface area (Å²) in [5.74, 6) is -0.584. The van der Waals surface area contributed by atoms with E-state index < -0.39 is 23.3 Å². The van der Waals surface area contributed by atoms with Gasteiger partial charge in [-0.1, -0.05) is 11.6 Å². The van der Waals surface area contributed by atoms with Crippen molar-refractivity contribution in [3.63, 3.8) is 0 Å². The highest BCUT2D eigenvalue weighted by Gasteiger charge is 2.34. The first-order valence-electron chi connectivity index (χ1n) is 7.25. The first kappa shape index (κ1) is 19.0. The lowest BCUT2D eigenvalue weighted by molar-refractivity contribution is -0.136. The molecule has 0 saturated carbocycles. The van der Waals surface area contributed by atoms with E-state index in [1.165, 1.54) is 18.3 Å². The van der Waals surface area contributed by atoms with Gasteiger partial charge in [-0.05, 0) is 45.0 Å². The minimum atomic E-state index is -4.65. The zero-order valence-corrected chi connectivity index (χ0v) is 14.5. The molecule has 5 nitrogen and oxygen atoms in total. The van der Waals surface area contributed by atoms with E-state index in [-0.39, 0.29) is 22.2 Å². The van der Waals surface area contributed by atoms with Crippen LogP contribution in [0, 0.1) is 0 Å². The van der Waals surface area contributed by atoms with Crippen molar-refractivity contribution < 1.29 is 18.0 Å². The maximum Gasteiger partial charge on any atom is 0.418 e. The number of anilines is 2. The Hall–Kier alpha value is -2.35. The Bertz CT molecular complexity index is 788. The molecule has 0 aliphatic carbocycles. The molecule has 0 aliphatic rings. The molecule has 1 aromatic heterocycles. The molecule has 134 valence electrons. The number of amides is 1. The van der Waals surface area contributed by atoms with Crippen LogP contribution in [0.15, 0.2) is 30.5 Å². The molecule has 0 unspecified atom stereocenters. The highest BCUT2D eigenvalue weighted by molar-refractivity contribution is 6.30. The Morgan fingerprint density at radius 1 is 1.16 bits per heavy atom. The van der Waals surface area contributed by atoms with Crippen LogP contribution in [0.3, 0.4) is 0 Å². The fourth-order valence-electron chi connectivity index (χ4n) is 1.93.